The van der Waals surface area contributed by atoms with Crippen molar-refractivity contribution in [1.29, 1.82) is 0 Å². The summed E-state index contributed by atoms with van der Waals surface area (Å²) in [6.07, 6.45) is 7.01. The number of nitrogens with zero attached hydrogens (tertiary/aromatic N) is 2. The van der Waals surface area contributed by atoms with Crippen LogP contribution in [0.5, 0.6) is 0 Å². The van der Waals surface area contributed by atoms with Crippen LogP contribution in [-0.2, 0) is 6.42 Å². The van der Waals surface area contributed by atoms with Gasteiger partial charge < -0.3 is 10.6 Å². The van der Waals surface area contributed by atoms with Crippen molar-refractivity contribution < 1.29 is 0 Å². The zero-order chi connectivity index (χ0) is 17.1. The van der Waals surface area contributed by atoms with Crippen LogP contribution in [0.2, 0.25) is 0 Å². The van der Waals surface area contributed by atoms with E-state index in [1.54, 1.807) is 0 Å². The lowest BCUT2D eigenvalue weighted by Gasteiger charge is -2.38. The molecule has 1 atom stereocenters. The van der Waals surface area contributed by atoms with Gasteiger partial charge in [-0.25, -0.2) is 0 Å². The number of rotatable bonds is 5. The van der Waals surface area contributed by atoms with Crippen LogP contribution in [0.25, 0.3) is 11.1 Å². The molecule has 0 aliphatic carbocycles. The highest BCUT2D eigenvalue weighted by molar-refractivity contribution is 5.84. The highest BCUT2D eigenvalue weighted by Gasteiger charge is 2.27. The molecular weight excluding hydrogens is 306 g/mol. The molecule has 3 aromatic rings. The lowest BCUT2D eigenvalue weighted by Crippen LogP contribution is -2.38. The van der Waals surface area contributed by atoms with E-state index in [0.29, 0.717) is 0 Å². The Morgan fingerprint density at radius 3 is 2.52 bits per heavy atom. The molecule has 1 aliphatic heterocycles. The Kier molecular flexibility index (Phi) is 4.49. The summed E-state index contributed by atoms with van der Waals surface area (Å²) < 4.78 is 0. The minimum Gasteiger partial charge on any atom is -0.352 e. The van der Waals surface area contributed by atoms with Crippen molar-refractivity contribution in [3.63, 3.8) is 0 Å². The lowest BCUT2D eigenvalue weighted by molar-refractivity contribution is 0.601. The van der Waals surface area contributed by atoms with Gasteiger partial charge in [0.15, 0.2) is 0 Å². The molecule has 1 aliphatic rings. The zero-order valence-electron chi connectivity index (χ0n) is 14.3. The molecule has 0 radical (unpaired) electrons. The van der Waals surface area contributed by atoms with Gasteiger partial charge in [0.2, 0.25) is 0 Å². The van der Waals surface area contributed by atoms with Crippen LogP contribution in [0.1, 0.15) is 30.1 Å². The summed E-state index contributed by atoms with van der Waals surface area (Å²) in [6, 6.07) is 21.2. The summed E-state index contributed by atoms with van der Waals surface area (Å²) in [5.41, 5.74) is 12.9. The summed E-state index contributed by atoms with van der Waals surface area (Å²) in [5.74, 6) is 0. The Hall–Kier alpha value is -2.65. The second kappa shape index (κ2) is 7.08. The van der Waals surface area contributed by atoms with E-state index in [9.17, 15) is 0 Å². The monoisotopic (exact) mass is 329 g/mol. The third-order valence-corrected chi connectivity index (χ3v) is 4.96. The maximum absolute atomic E-state index is 6.61. The van der Waals surface area contributed by atoms with Crippen LogP contribution in [0.15, 0.2) is 73.1 Å². The molecule has 1 unspecified atom stereocenters. The number of pyridine rings is 1. The Morgan fingerprint density at radius 1 is 0.880 bits per heavy atom. The molecule has 2 aromatic carbocycles. The van der Waals surface area contributed by atoms with E-state index < -0.39 is 0 Å². The fourth-order valence-corrected chi connectivity index (χ4v) is 3.69. The molecule has 2 N–H and O–H groups in total. The number of anilines is 1. The number of benzene rings is 2. The number of para-hydroxylation sites is 1. The van der Waals surface area contributed by atoms with Crippen LogP contribution < -0.4 is 10.6 Å². The van der Waals surface area contributed by atoms with E-state index >= 15 is 0 Å². The van der Waals surface area contributed by atoms with Crippen LogP contribution in [-0.4, -0.2) is 11.5 Å². The Labute approximate surface area is 149 Å². The predicted molar refractivity (Wildman–Crippen MR) is 103 cm³/mol. The Balaban J connectivity index is 1.50. The first-order valence-electron chi connectivity index (χ1n) is 8.94. The van der Waals surface area contributed by atoms with E-state index in [4.69, 9.17) is 5.73 Å². The molecule has 0 saturated heterocycles. The molecule has 3 nitrogen and oxygen atoms in total. The maximum Gasteiger partial charge on any atom is 0.104 e. The summed E-state index contributed by atoms with van der Waals surface area (Å²) in [5, 5.41) is 0. The fourth-order valence-electron chi connectivity index (χ4n) is 3.69. The van der Waals surface area contributed by atoms with Gasteiger partial charge in [-0.1, -0.05) is 48.5 Å². The van der Waals surface area contributed by atoms with Crippen molar-refractivity contribution >= 4 is 5.69 Å². The van der Waals surface area contributed by atoms with Gasteiger partial charge in [0, 0.05) is 30.2 Å². The van der Waals surface area contributed by atoms with Crippen molar-refractivity contribution in [2.24, 2.45) is 5.73 Å². The van der Waals surface area contributed by atoms with Gasteiger partial charge in [-0.05, 0) is 48.1 Å². The number of aromatic nitrogens is 1. The highest BCUT2D eigenvalue weighted by Crippen LogP contribution is 2.42. The summed E-state index contributed by atoms with van der Waals surface area (Å²) in [6.45, 7) is 0.965. The standard InChI is InChI=1S/C22H23N3/c23-22-20-12-2-1-10-18(20)19-11-3-4-13-21(19)25(22)15-6-5-8-17-9-7-14-24-16-17/h1-4,7,9-14,16,22H,5-6,8,15,23H2. The number of hydrogen-bond donors (Lipinski definition) is 1. The van der Waals surface area contributed by atoms with Crippen molar-refractivity contribution in [3.05, 3.63) is 84.2 Å². The van der Waals surface area contributed by atoms with E-state index in [2.05, 4.69) is 64.5 Å². The van der Waals surface area contributed by atoms with Gasteiger partial charge in [0.1, 0.15) is 6.17 Å². The third-order valence-electron chi connectivity index (χ3n) is 4.96. The van der Waals surface area contributed by atoms with Crippen LogP contribution in [0, 0.1) is 0 Å². The number of fused-ring (bicyclic) bond motifs is 3. The summed E-state index contributed by atoms with van der Waals surface area (Å²) in [7, 11) is 0. The van der Waals surface area contributed by atoms with E-state index in [1.165, 1.54) is 27.9 Å². The first-order chi connectivity index (χ1) is 12.3. The van der Waals surface area contributed by atoms with E-state index in [1.807, 2.05) is 18.5 Å². The van der Waals surface area contributed by atoms with Gasteiger partial charge in [-0.15, -0.1) is 0 Å². The van der Waals surface area contributed by atoms with Crippen molar-refractivity contribution in [2.75, 3.05) is 11.4 Å². The van der Waals surface area contributed by atoms with Crippen LogP contribution in [0.3, 0.4) is 0 Å². The highest BCUT2D eigenvalue weighted by atomic mass is 15.2. The number of nitrogens with two attached hydrogens (primary N) is 1. The molecule has 25 heavy (non-hydrogen) atoms. The summed E-state index contributed by atoms with van der Waals surface area (Å²) in [4.78, 5) is 6.54. The van der Waals surface area contributed by atoms with Gasteiger partial charge in [-0.3, -0.25) is 4.98 Å². The molecule has 1 aromatic heterocycles. The predicted octanol–water partition coefficient (Wildman–Crippen LogP) is 4.55. The van der Waals surface area contributed by atoms with Crippen molar-refractivity contribution in [1.82, 2.24) is 4.98 Å². The quantitative estimate of drug-likeness (QED) is 0.698. The maximum atomic E-state index is 6.61. The van der Waals surface area contributed by atoms with Crippen molar-refractivity contribution in [3.8, 4) is 11.1 Å². The van der Waals surface area contributed by atoms with Crippen LogP contribution in [0.4, 0.5) is 5.69 Å². The van der Waals surface area contributed by atoms with Gasteiger partial charge in [0.05, 0.1) is 0 Å². The smallest absolute Gasteiger partial charge is 0.104 e. The minimum atomic E-state index is -0.0792. The molecular formula is C22H23N3. The topological polar surface area (TPSA) is 42.1 Å². The van der Waals surface area contributed by atoms with Crippen LogP contribution >= 0.6 is 0 Å². The van der Waals surface area contributed by atoms with E-state index in [-0.39, 0.29) is 6.17 Å². The summed E-state index contributed by atoms with van der Waals surface area (Å²) >= 11 is 0. The molecule has 0 amide bonds. The molecule has 0 fully saturated rings. The zero-order valence-corrected chi connectivity index (χ0v) is 14.3. The molecule has 3 heteroatoms. The second-order valence-corrected chi connectivity index (χ2v) is 6.56. The average Bonchev–Trinajstić information content (AvgIpc) is 2.68. The molecule has 126 valence electrons. The molecule has 2 heterocycles. The molecule has 0 saturated carbocycles. The Bertz CT molecular complexity index is 845. The normalized spacial score (nSPS) is 15.6. The first kappa shape index (κ1) is 15.9. The third kappa shape index (κ3) is 3.15. The van der Waals surface area contributed by atoms with Gasteiger partial charge >= 0.3 is 0 Å². The number of unbranched alkanes of at least 4 members (excludes halogenated alkanes) is 1. The largest absolute Gasteiger partial charge is 0.352 e. The van der Waals surface area contributed by atoms with Gasteiger partial charge in [0.25, 0.3) is 0 Å². The SMILES string of the molecule is NC1c2ccccc2-c2ccccc2N1CCCCc1cccnc1. The Morgan fingerprint density at radius 2 is 1.68 bits per heavy atom. The number of hydrogen-bond acceptors (Lipinski definition) is 3. The minimum absolute atomic E-state index is 0.0792. The lowest BCUT2D eigenvalue weighted by atomic mass is 9.91. The van der Waals surface area contributed by atoms with Crippen molar-refractivity contribution in [2.45, 2.75) is 25.4 Å². The molecule has 0 bridgehead atoms. The van der Waals surface area contributed by atoms with Gasteiger partial charge in [-0.2, -0.15) is 0 Å². The fraction of sp³-hybridized carbons (Fsp3) is 0.227. The first-order valence-corrected chi connectivity index (χ1v) is 8.94. The molecule has 0 spiro atoms. The average molecular weight is 329 g/mol. The second-order valence-electron chi connectivity index (χ2n) is 6.56. The number of aryl methyl sites for hydroxylation is 1. The van der Waals surface area contributed by atoms with E-state index in [0.717, 1.165) is 25.8 Å². The molecule has 4 rings (SSSR count).